The topological polar surface area (TPSA) is 69.1 Å². The molecule has 4 N–H and O–H groups in total. The Labute approximate surface area is 144 Å². The maximum absolute atomic E-state index is 12.3. The molecule has 0 aliphatic rings. The third-order valence-electron chi connectivity index (χ3n) is 3.47. The van der Waals surface area contributed by atoms with Crippen molar-refractivity contribution in [3.8, 4) is 11.8 Å². The van der Waals surface area contributed by atoms with Gasteiger partial charge in [0.2, 0.25) is 0 Å². The van der Waals surface area contributed by atoms with Crippen molar-refractivity contribution in [3.05, 3.63) is 81.5 Å². The zero-order valence-corrected chi connectivity index (χ0v) is 13.8. The van der Waals surface area contributed by atoms with Crippen molar-refractivity contribution in [2.24, 2.45) is 0 Å². The largest absolute Gasteiger partial charge is 0.399 e. The second kappa shape index (κ2) is 7.03. The van der Waals surface area contributed by atoms with E-state index in [1.807, 2.05) is 48.5 Å². The van der Waals surface area contributed by atoms with Crippen LogP contribution in [0.5, 0.6) is 0 Å². The van der Waals surface area contributed by atoms with E-state index in [0.717, 1.165) is 16.0 Å². The second-order valence-corrected chi connectivity index (χ2v) is 6.46. The summed E-state index contributed by atoms with van der Waals surface area (Å²) in [6.45, 7) is 0. The molecule has 2 aromatic carbocycles. The molecule has 118 valence electrons. The van der Waals surface area contributed by atoms with Crippen LogP contribution in [0.2, 0.25) is 0 Å². The maximum Gasteiger partial charge on any atom is 0.177 e. The van der Waals surface area contributed by atoms with Gasteiger partial charge in [0, 0.05) is 23.4 Å². The Hall–Kier alpha value is -3.03. The third kappa shape index (κ3) is 4.03. The fraction of sp³-hybridized carbons (Fsp3) is 0.0500. The highest BCUT2D eigenvalue weighted by Gasteiger charge is 2.09. The number of carbonyl (C=O) groups excluding carboxylic acids is 1. The van der Waals surface area contributed by atoms with Gasteiger partial charge in [0.1, 0.15) is 0 Å². The molecule has 0 aliphatic carbocycles. The van der Waals surface area contributed by atoms with Crippen molar-refractivity contribution < 1.29 is 4.79 Å². The van der Waals surface area contributed by atoms with Crippen LogP contribution in [-0.2, 0) is 6.42 Å². The summed E-state index contributed by atoms with van der Waals surface area (Å²) < 4.78 is 0. The molecule has 0 spiro atoms. The highest BCUT2D eigenvalue weighted by Crippen LogP contribution is 2.18. The summed E-state index contributed by atoms with van der Waals surface area (Å²) in [6, 6.07) is 18.5. The van der Waals surface area contributed by atoms with Crippen molar-refractivity contribution in [3.63, 3.8) is 0 Å². The molecule has 0 saturated heterocycles. The van der Waals surface area contributed by atoms with Crippen LogP contribution in [0.3, 0.4) is 0 Å². The molecular formula is C20H16N2OS. The van der Waals surface area contributed by atoms with Crippen molar-refractivity contribution in [2.75, 3.05) is 11.5 Å². The van der Waals surface area contributed by atoms with Crippen LogP contribution in [0.4, 0.5) is 11.4 Å². The quantitative estimate of drug-likeness (QED) is 0.436. The van der Waals surface area contributed by atoms with E-state index in [4.69, 9.17) is 11.5 Å². The Kier molecular flexibility index (Phi) is 4.64. The van der Waals surface area contributed by atoms with Crippen LogP contribution in [0.25, 0.3) is 0 Å². The van der Waals surface area contributed by atoms with E-state index in [9.17, 15) is 4.79 Å². The summed E-state index contributed by atoms with van der Waals surface area (Å²) in [5.41, 5.74) is 14.6. The number of nitrogen functional groups attached to an aromatic ring is 2. The number of rotatable bonds is 3. The number of anilines is 2. The number of Topliss-reactive ketones (excluding diaryl/α,β-unsaturated/α-hetero) is 1. The van der Waals surface area contributed by atoms with Crippen molar-refractivity contribution in [1.82, 2.24) is 0 Å². The maximum atomic E-state index is 12.3. The smallest absolute Gasteiger partial charge is 0.177 e. The van der Waals surface area contributed by atoms with Gasteiger partial charge in [0.25, 0.3) is 0 Å². The van der Waals surface area contributed by atoms with Crippen LogP contribution in [0.15, 0.2) is 60.7 Å². The van der Waals surface area contributed by atoms with Gasteiger partial charge in [-0.3, -0.25) is 4.79 Å². The SMILES string of the molecule is Nc1ccc(C#Cc2ccc(C(=O)Cc3ccc(N)cc3)s2)cc1. The minimum absolute atomic E-state index is 0.0882. The number of nitrogens with two attached hydrogens (primary N) is 2. The highest BCUT2D eigenvalue weighted by atomic mass is 32.1. The molecular weight excluding hydrogens is 316 g/mol. The standard InChI is InChI=1S/C20H16N2OS/c21-16-6-1-14(2-7-16)5-10-18-11-12-20(24-18)19(23)13-15-3-8-17(22)9-4-15/h1-4,6-9,11-12H,13,21-22H2. The van der Waals surface area contributed by atoms with Crippen LogP contribution in [0, 0.1) is 11.8 Å². The molecule has 0 fully saturated rings. The Balaban J connectivity index is 1.70. The molecule has 3 aromatic rings. The van der Waals surface area contributed by atoms with Crippen LogP contribution >= 0.6 is 11.3 Å². The van der Waals surface area contributed by atoms with Crippen LogP contribution in [0.1, 0.15) is 25.7 Å². The van der Waals surface area contributed by atoms with E-state index in [0.29, 0.717) is 22.7 Å². The van der Waals surface area contributed by atoms with E-state index in [2.05, 4.69) is 11.8 Å². The Morgan fingerprint density at radius 2 is 1.46 bits per heavy atom. The molecule has 0 radical (unpaired) electrons. The number of thiophene rings is 1. The van der Waals surface area contributed by atoms with Gasteiger partial charge in [0.05, 0.1) is 9.75 Å². The van der Waals surface area contributed by atoms with E-state index in [1.54, 1.807) is 12.1 Å². The number of benzene rings is 2. The third-order valence-corrected chi connectivity index (χ3v) is 4.51. The molecule has 3 nitrogen and oxygen atoms in total. The van der Waals surface area contributed by atoms with Crippen molar-refractivity contribution in [2.45, 2.75) is 6.42 Å². The first kappa shape index (κ1) is 15.9. The first-order valence-corrected chi connectivity index (χ1v) is 8.27. The number of ketones is 1. The summed E-state index contributed by atoms with van der Waals surface area (Å²) in [5, 5.41) is 0. The molecule has 0 bridgehead atoms. The monoisotopic (exact) mass is 332 g/mol. The summed E-state index contributed by atoms with van der Waals surface area (Å²) in [7, 11) is 0. The van der Waals surface area contributed by atoms with Gasteiger partial charge in [-0.1, -0.05) is 24.0 Å². The molecule has 3 rings (SSSR count). The van der Waals surface area contributed by atoms with Gasteiger partial charge in [0.15, 0.2) is 5.78 Å². The molecule has 0 atom stereocenters. The van der Waals surface area contributed by atoms with Gasteiger partial charge < -0.3 is 11.5 Å². The minimum atomic E-state index is 0.0882. The lowest BCUT2D eigenvalue weighted by molar-refractivity contribution is 0.0997. The number of carbonyl (C=O) groups is 1. The summed E-state index contributed by atoms with van der Waals surface area (Å²) in [6.07, 6.45) is 0.367. The molecule has 1 heterocycles. The molecule has 0 unspecified atom stereocenters. The van der Waals surface area contributed by atoms with Crippen molar-refractivity contribution >= 4 is 28.5 Å². The lowest BCUT2D eigenvalue weighted by atomic mass is 10.1. The average Bonchev–Trinajstić information content (AvgIpc) is 3.06. The van der Waals surface area contributed by atoms with Gasteiger partial charge in [-0.25, -0.2) is 0 Å². The van der Waals surface area contributed by atoms with Gasteiger partial charge in [-0.15, -0.1) is 11.3 Å². The predicted molar refractivity (Wildman–Crippen MR) is 100 cm³/mol. The molecule has 0 saturated carbocycles. The number of hydrogen-bond acceptors (Lipinski definition) is 4. The lowest BCUT2D eigenvalue weighted by Gasteiger charge is -1.99. The van der Waals surface area contributed by atoms with Crippen LogP contribution in [-0.4, -0.2) is 5.78 Å². The molecule has 0 aliphatic heterocycles. The summed E-state index contributed by atoms with van der Waals surface area (Å²) in [5.74, 6) is 6.25. The molecule has 4 heteroatoms. The first-order chi connectivity index (χ1) is 11.6. The van der Waals surface area contributed by atoms with E-state index in [-0.39, 0.29) is 5.78 Å². The van der Waals surface area contributed by atoms with E-state index < -0.39 is 0 Å². The zero-order valence-electron chi connectivity index (χ0n) is 13.0. The zero-order chi connectivity index (χ0) is 16.9. The summed E-state index contributed by atoms with van der Waals surface area (Å²) in [4.78, 5) is 13.9. The van der Waals surface area contributed by atoms with Gasteiger partial charge in [-0.2, -0.15) is 0 Å². The average molecular weight is 332 g/mol. The fourth-order valence-electron chi connectivity index (χ4n) is 2.16. The minimum Gasteiger partial charge on any atom is -0.399 e. The normalized spacial score (nSPS) is 10.0. The van der Waals surface area contributed by atoms with Crippen molar-refractivity contribution in [1.29, 1.82) is 0 Å². The van der Waals surface area contributed by atoms with E-state index in [1.165, 1.54) is 11.3 Å². The highest BCUT2D eigenvalue weighted by molar-refractivity contribution is 7.14. The second-order valence-electron chi connectivity index (χ2n) is 5.38. The van der Waals surface area contributed by atoms with Gasteiger partial charge >= 0.3 is 0 Å². The van der Waals surface area contributed by atoms with Crippen LogP contribution < -0.4 is 11.5 Å². The Bertz CT molecular complexity index is 913. The molecule has 1 aromatic heterocycles. The lowest BCUT2D eigenvalue weighted by Crippen LogP contribution is -2.01. The number of hydrogen-bond donors (Lipinski definition) is 2. The molecule has 0 amide bonds. The fourth-order valence-corrected chi connectivity index (χ4v) is 2.96. The van der Waals surface area contributed by atoms with E-state index >= 15 is 0 Å². The first-order valence-electron chi connectivity index (χ1n) is 7.45. The summed E-state index contributed by atoms with van der Waals surface area (Å²) >= 11 is 1.41. The van der Waals surface area contributed by atoms with Gasteiger partial charge in [-0.05, 0) is 54.1 Å². The Morgan fingerprint density at radius 3 is 2.12 bits per heavy atom. The predicted octanol–water partition coefficient (Wildman–Crippen LogP) is 3.74. The molecule has 24 heavy (non-hydrogen) atoms. The Morgan fingerprint density at radius 1 is 0.833 bits per heavy atom.